The predicted octanol–water partition coefficient (Wildman–Crippen LogP) is 3.05. The second-order valence-corrected chi connectivity index (χ2v) is 6.34. The van der Waals surface area contributed by atoms with Crippen LogP contribution in [0.3, 0.4) is 0 Å². The molecule has 1 heterocycles. The van der Waals surface area contributed by atoms with Crippen molar-refractivity contribution >= 4 is 5.91 Å². The van der Waals surface area contributed by atoms with E-state index in [-0.39, 0.29) is 5.91 Å². The lowest BCUT2D eigenvalue weighted by atomic mass is 10.1. The topological polar surface area (TPSA) is 42.0 Å². The Morgan fingerprint density at radius 3 is 2.54 bits per heavy atom. The van der Waals surface area contributed by atoms with Crippen LogP contribution in [-0.2, 0) is 6.54 Å². The van der Waals surface area contributed by atoms with Crippen LogP contribution in [0.15, 0.2) is 48.5 Å². The molecule has 5 nitrogen and oxygen atoms in total. The molecule has 0 aromatic heterocycles. The smallest absolute Gasteiger partial charge is 0.254 e. The Morgan fingerprint density at radius 2 is 1.81 bits per heavy atom. The van der Waals surface area contributed by atoms with Crippen molar-refractivity contribution in [3.8, 4) is 11.5 Å². The van der Waals surface area contributed by atoms with Crippen LogP contribution in [0.4, 0.5) is 0 Å². The van der Waals surface area contributed by atoms with Gasteiger partial charge in [0.15, 0.2) is 0 Å². The average molecular weight is 354 g/mol. The van der Waals surface area contributed by atoms with Crippen molar-refractivity contribution in [2.45, 2.75) is 13.5 Å². The molecule has 1 aliphatic heterocycles. The number of para-hydroxylation sites is 1. The van der Waals surface area contributed by atoms with Crippen molar-refractivity contribution in [1.82, 2.24) is 9.80 Å². The Kier molecular flexibility index (Phi) is 6.12. The Bertz CT molecular complexity index is 740. The summed E-state index contributed by atoms with van der Waals surface area (Å²) in [7, 11) is 1.61. The lowest BCUT2D eigenvalue weighted by molar-refractivity contribution is 0.0627. The number of hydrogen-bond donors (Lipinski definition) is 0. The fourth-order valence-corrected chi connectivity index (χ4v) is 3.22. The van der Waals surface area contributed by atoms with Crippen molar-refractivity contribution in [3.63, 3.8) is 0 Å². The van der Waals surface area contributed by atoms with Gasteiger partial charge in [-0.05, 0) is 31.2 Å². The van der Waals surface area contributed by atoms with E-state index in [1.165, 1.54) is 5.56 Å². The molecule has 0 aliphatic carbocycles. The first-order chi connectivity index (χ1) is 12.7. The molecule has 138 valence electrons. The third-order valence-corrected chi connectivity index (χ3v) is 4.64. The van der Waals surface area contributed by atoms with E-state index in [9.17, 15) is 4.79 Å². The summed E-state index contributed by atoms with van der Waals surface area (Å²) in [5.74, 6) is 1.73. The Hall–Kier alpha value is -2.53. The van der Waals surface area contributed by atoms with Gasteiger partial charge in [0, 0.05) is 43.9 Å². The highest BCUT2D eigenvalue weighted by molar-refractivity contribution is 5.94. The maximum atomic E-state index is 12.7. The summed E-state index contributed by atoms with van der Waals surface area (Å²) < 4.78 is 10.9. The van der Waals surface area contributed by atoms with Crippen molar-refractivity contribution in [3.05, 3.63) is 59.7 Å². The molecule has 0 radical (unpaired) electrons. The number of carbonyl (C=O) groups is 1. The van der Waals surface area contributed by atoms with E-state index < -0.39 is 0 Å². The molecule has 1 aliphatic rings. The summed E-state index contributed by atoms with van der Waals surface area (Å²) >= 11 is 0. The molecule has 0 bridgehead atoms. The lowest BCUT2D eigenvalue weighted by Gasteiger charge is -2.35. The van der Waals surface area contributed by atoms with Crippen molar-refractivity contribution in [2.24, 2.45) is 0 Å². The maximum absolute atomic E-state index is 12.7. The van der Waals surface area contributed by atoms with Crippen molar-refractivity contribution < 1.29 is 14.3 Å². The SMILES string of the molecule is CCOc1ccccc1CN1CCN(C(=O)c2cccc(OC)c2)CC1. The number of carbonyl (C=O) groups excluding carboxylic acids is 1. The van der Waals surface area contributed by atoms with Gasteiger partial charge in [-0.3, -0.25) is 9.69 Å². The van der Waals surface area contributed by atoms with E-state index in [0.717, 1.165) is 38.5 Å². The van der Waals surface area contributed by atoms with Gasteiger partial charge in [-0.25, -0.2) is 0 Å². The first-order valence-electron chi connectivity index (χ1n) is 9.07. The zero-order valence-corrected chi connectivity index (χ0v) is 15.5. The highest BCUT2D eigenvalue weighted by Gasteiger charge is 2.23. The van der Waals surface area contributed by atoms with Crippen LogP contribution in [-0.4, -0.2) is 55.6 Å². The minimum absolute atomic E-state index is 0.0678. The fraction of sp³-hybridized carbons (Fsp3) is 0.381. The van der Waals surface area contributed by atoms with Crippen LogP contribution >= 0.6 is 0 Å². The first kappa shape index (κ1) is 18.3. The molecule has 0 N–H and O–H groups in total. The third-order valence-electron chi connectivity index (χ3n) is 4.64. The number of benzene rings is 2. The van der Waals surface area contributed by atoms with Gasteiger partial charge in [-0.2, -0.15) is 0 Å². The molecule has 1 saturated heterocycles. The zero-order chi connectivity index (χ0) is 18.4. The van der Waals surface area contributed by atoms with Crippen LogP contribution < -0.4 is 9.47 Å². The second-order valence-electron chi connectivity index (χ2n) is 6.34. The maximum Gasteiger partial charge on any atom is 0.254 e. The molecule has 2 aromatic carbocycles. The normalized spacial score (nSPS) is 14.9. The van der Waals surface area contributed by atoms with Crippen LogP contribution in [0.2, 0.25) is 0 Å². The summed E-state index contributed by atoms with van der Waals surface area (Å²) in [6.07, 6.45) is 0. The molecular weight excluding hydrogens is 328 g/mol. The van der Waals surface area contributed by atoms with Gasteiger partial charge < -0.3 is 14.4 Å². The van der Waals surface area contributed by atoms with Gasteiger partial charge >= 0.3 is 0 Å². The zero-order valence-electron chi connectivity index (χ0n) is 15.5. The number of methoxy groups -OCH3 is 1. The lowest BCUT2D eigenvalue weighted by Crippen LogP contribution is -2.48. The summed E-state index contributed by atoms with van der Waals surface area (Å²) in [5, 5.41) is 0. The third kappa shape index (κ3) is 4.35. The highest BCUT2D eigenvalue weighted by atomic mass is 16.5. The van der Waals surface area contributed by atoms with E-state index in [2.05, 4.69) is 11.0 Å². The largest absolute Gasteiger partial charge is 0.497 e. The Labute approximate surface area is 155 Å². The van der Waals surface area contributed by atoms with E-state index in [4.69, 9.17) is 9.47 Å². The molecule has 5 heteroatoms. The molecule has 0 spiro atoms. The molecule has 0 saturated carbocycles. The van der Waals surface area contributed by atoms with Gasteiger partial charge in [-0.1, -0.05) is 24.3 Å². The fourth-order valence-electron chi connectivity index (χ4n) is 3.22. The van der Waals surface area contributed by atoms with Gasteiger partial charge in [0.25, 0.3) is 5.91 Å². The number of rotatable bonds is 6. The quantitative estimate of drug-likeness (QED) is 0.800. The Morgan fingerprint density at radius 1 is 1.04 bits per heavy atom. The summed E-state index contributed by atoms with van der Waals surface area (Å²) in [4.78, 5) is 17.0. The van der Waals surface area contributed by atoms with Gasteiger partial charge in [-0.15, -0.1) is 0 Å². The summed E-state index contributed by atoms with van der Waals surface area (Å²) in [6.45, 7) is 6.68. The highest BCUT2D eigenvalue weighted by Crippen LogP contribution is 2.21. The molecular formula is C21H26N2O3. The molecule has 1 amide bonds. The molecule has 0 unspecified atom stereocenters. The van der Waals surface area contributed by atoms with Gasteiger partial charge in [0.2, 0.25) is 0 Å². The van der Waals surface area contributed by atoms with E-state index in [1.54, 1.807) is 13.2 Å². The number of ether oxygens (including phenoxy) is 2. The Balaban J connectivity index is 1.58. The van der Waals surface area contributed by atoms with Gasteiger partial charge in [0.1, 0.15) is 11.5 Å². The molecule has 26 heavy (non-hydrogen) atoms. The average Bonchev–Trinajstić information content (AvgIpc) is 2.70. The first-order valence-corrected chi connectivity index (χ1v) is 9.07. The van der Waals surface area contributed by atoms with Crippen LogP contribution in [0.25, 0.3) is 0 Å². The van der Waals surface area contributed by atoms with Crippen LogP contribution in [0, 0.1) is 0 Å². The van der Waals surface area contributed by atoms with Crippen LogP contribution in [0.1, 0.15) is 22.8 Å². The van der Waals surface area contributed by atoms with Crippen molar-refractivity contribution in [1.29, 1.82) is 0 Å². The number of nitrogens with zero attached hydrogens (tertiary/aromatic N) is 2. The minimum atomic E-state index is 0.0678. The minimum Gasteiger partial charge on any atom is -0.497 e. The standard InChI is InChI=1S/C21H26N2O3/c1-3-26-20-10-5-4-7-18(20)16-22-11-13-23(14-12-22)21(24)17-8-6-9-19(15-17)25-2/h4-10,15H,3,11-14,16H2,1-2H3. The number of amides is 1. The molecule has 0 atom stereocenters. The van der Waals surface area contributed by atoms with E-state index in [0.29, 0.717) is 17.9 Å². The van der Waals surface area contributed by atoms with Gasteiger partial charge in [0.05, 0.1) is 13.7 Å². The predicted molar refractivity (Wildman–Crippen MR) is 102 cm³/mol. The van der Waals surface area contributed by atoms with Crippen molar-refractivity contribution in [2.75, 3.05) is 39.9 Å². The van der Waals surface area contributed by atoms with E-state index >= 15 is 0 Å². The number of hydrogen-bond acceptors (Lipinski definition) is 4. The monoisotopic (exact) mass is 354 g/mol. The number of piperazine rings is 1. The summed E-state index contributed by atoms with van der Waals surface area (Å²) in [6, 6.07) is 15.5. The molecule has 1 fully saturated rings. The molecule has 3 rings (SSSR count). The van der Waals surface area contributed by atoms with Crippen LogP contribution in [0.5, 0.6) is 11.5 Å². The second kappa shape index (κ2) is 8.72. The van der Waals surface area contributed by atoms with E-state index in [1.807, 2.05) is 48.2 Å². The summed E-state index contributed by atoms with van der Waals surface area (Å²) in [5.41, 5.74) is 1.88. The molecule has 2 aromatic rings.